The SMILES string of the molecule is COc1ccc2c(c1)CCC(CCC(=O)N(C)C)C2. The predicted molar refractivity (Wildman–Crippen MR) is 76.4 cm³/mol. The highest BCUT2D eigenvalue weighted by Crippen LogP contribution is 2.30. The molecule has 0 saturated heterocycles. The maximum absolute atomic E-state index is 11.6. The Morgan fingerprint density at radius 1 is 1.37 bits per heavy atom. The lowest BCUT2D eigenvalue weighted by molar-refractivity contribution is -0.129. The van der Waals surface area contributed by atoms with Crippen LogP contribution in [0, 0.1) is 5.92 Å². The van der Waals surface area contributed by atoms with Crippen molar-refractivity contribution in [1.82, 2.24) is 4.90 Å². The summed E-state index contributed by atoms with van der Waals surface area (Å²) >= 11 is 0. The lowest BCUT2D eigenvalue weighted by Gasteiger charge is -2.25. The molecule has 0 aromatic heterocycles. The number of hydrogen-bond donors (Lipinski definition) is 0. The Hall–Kier alpha value is -1.51. The molecule has 19 heavy (non-hydrogen) atoms. The number of carbonyl (C=O) groups is 1. The summed E-state index contributed by atoms with van der Waals surface area (Å²) in [6, 6.07) is 6.36. The van der Waals surface area contributed by atoms with Crippen LogP contribution in [0.15, 0.2) is 18.2 Å². The number of nitrogens with zero attached hydrogens (tertiary/aromatic N) is 1. The zero-order valence-electron chi connectivity index (χ0n) is 12.1. The zero-order valence-corrected chi connectivity index (χ0v) is 12.1. The van der Waals surface area contributed by atoms with E-state index in [0.717, 1.165) is 25.0 Å². The number of ether oxygens (including phenoxy) is 1. The molecule has 0 N–H and O–H groups in total. The maximum Gasteiger partial charge on any atom is 0.222 e. The van der Waals surface area contributed by atoms with Crippen molar-refractivity contribution in [2.75, 3.05) is 21.2 Å². The summed E-state index contributed by atoms with van der Waals surface area (Å²) in [6.07, 6.45) is 5.06. The van der Waals surface area contributed by atoms with Gasteiger partial charge in [-0.15, -0.1) is 0 Å². The molecule has 2 rings (SSSR count). The normalized spacial score (nSPS) is 17.7. The molecule has 0 spiro atoms. The van der Waals surface area contributed by atoms with Crippen LogP contribution >= 0.6 is 0 Å². The zero-order chi connectivity index (χ0) is 13.8. The predicted octanol–water partition coefficient (Wildman–Crippen LogP) is 2.67. The van der Waals surface area contributed by atoms with Crippen LogP contribution in [0.5, 0.6) is 5.75 Å². The maximum atomic E-state index is 11.6. The van der Waals surface area contributed by atoms with Crippen molar-refractivity contribution in [1.29, 1.82) is 0 Å². The molecule has 0 heterocycles. The largest absolute Gasteiger partial charge is 0.497 e. The number of carbonyl (C=O) groups excluding carboxylic acids is 1. The quantitative estimate of drug-likeness (QED) is 0.834. The van der Waals surface area contributed by atoms with Crippen LogP contribution in [0.4, 0.5) is 0 Å². The molecule has 3 nitrogen and oxygen atoms in total. The molecule has 1 amide bonds. The van der Waals surface area contributed by atoms with E-state index in [1.165, 1.54) is 17.5 Å². The Labute approximate surface area is 115 Å². The highest BCUT2D eigenvalue weighted by atomic mass is 16.5. The van der Waals surface area contributed by atoms with Gasteiger partial charge < -0.3 is 9.64 Å². The minimum absolute atomic E-state index is 0.237. The van der Waals surface area contributed by atoms with E-state index in [1.807, 2.05) is 20.2 Å². The van der Waals surface area contributed by atoms with Crippen LogP contribution in [0.3, 0.4) is 0 Å². The highest BCUT2D eigenvalue weighted by Gasteiger charge is 2.20. The number of amides is 1. The first-order valence-electron chi connectivity index (χ1n) is 6.96. The number of fused-ring (bicyclic) bond motifs is 1. The van der Waals surface area contributed by atoms with Crippen molar-refractivity contribution in [3.63, 3.8) is 0 Å². The molecular weight excluding hydrogens is 238 g/mol. The van der Waals surface area contributed by atoms with Gasteiger partial charge in [0.2, 0.25) is 5.91 Å². The van der Waals surface area contributed by atoms with E-state index in [1.54, 1.807) is 12.0 Å². The molecule has 1 unspecified atom stereocenters. The highest BCUT2D eigenvalue weighted by molar-refractivity contribution is 5.75. The average molecular weight is 261 g/mol. The van der Waals surface area contributed by atoms with Crippen LogP contribution in [0.2, 0.25) is 0 Å². The summed E-state index contributed by atoms with van der Waals surface area (Å²) in [5.74, 6) is 1.82. The summed E-state index contributed by atoms with van der Waals surface area (Å²) in [5, 5.41) is 0. The molecule has 0 bridgehead atoms. The Bertz CT molecular complexity index is 454. The minimum Gasteiger partial charge on any atom is -0.497 e. The second kappa shape index (κ2) is 6.09. The van der Waals surface area contributed by atoms with Gasteiger partial charge in [-0.05, 0) is 54.9 Å². The first kappa shape index (κ1) is 13.9. The van der Waals surface area contributed by atoms with Crippen LogP contribution in [0.1, 0.15) is 30.4 Å². The smallest absolute Gasteiger partial charge is 0.222 e. The summed E-state index contributed by atoms with van der Waals surface area (Å²) in [4.78, 5) is 13.3. The minimum atomic E-state index is 0.237. The summed E-state index contributed by atoms with van der Waals surface area (Å²) < 4.78 is 5.26. The lowest BCUT2D eigenvalue weighted by atomic mass is 9.81. The van der Waals surface area contributed by atoms with Gasteiger partial charge in [-0.2, -0.15) is 0 Å². The molecule has 0 fully saturated rings. The number of methoxy groups -OCH3 is 1. The molecule has 1 aromatic carbocycles. The average Bonchev–Trinajstić information content (AvgIpc) is 2.43. The third kappa shape index (κ3) is 3.49. The Balaban J connectivity index is 1.93. The number of benzene rings is 1. The van der Waals surface area contributed by atoms with Crippen molar-refractivity contribution in [3.05, 3.63) is 29.3 Å². The molecule has 3 heteroatoms. The van der Waals surface area contributed by atoms with Crippen molar-refractivity contribution in [2.24, 2.45) is 5.92 Å². The van der Waals surface area contributed by atoms with Gasteiger partial charge >= 0.3 is 0 Å². The van der Waals surface area contributed by atoms with E-state index in [4.69, 9.17) is 4.74 Å². The van der Waals surface area contributed by atoms with Gasteiger partial charge in [0.1, 0.15) is 5.75 Å². The van der Waals surface area contributed by atoms with Crippen LogP contribution in [-0.4, -0.2) is 32.0 Å². The van der Waals surface area contributed by atoms with Crippen LogP contribution in [0.25, 0.3) is 0 Å². The van der Waals surface area contributed by atoms with Gasteiger partial charge in [0.15, 0.2) is 0 Å². The third-order valence-electron chi connectivity index (χ3n) is 4.01. The third-order valence-corrected chi connectivity index (χ3v) is 4.01. The summed E-state index contributed by atoms with van der Waals surface area (Å²) in [6.45, 7) is 0. The number of hydrogen-bond acceptors (Lipinski definition) is 2. The van der Waals surface area contributed by atoms with Crippen molar-refractivity contribution < 1.29 is 9.53 Å². The number of aryl methyl sites for hydroxylation is 1. The van der Waals surface area contributed by atoms with E-state index < -0.39 is 0 Å². The number of rotatable bonds is 4. The van der Waals surface area contributed by atoms with Gasteiger partial charge in [0.25, 0.3) is 0 Å². The Morgan fingerprint density at radius 3 is 2.84 bits per heavy atom. The molecule has 1 atom stereocenters. The summed E-state index contributed by atoms with van der Waals surface area (Å²) in [7, 11) is 5.36. The van der Waals surface area contributed by atoms with Crippen LogP contribution in [-0.2, 0) is 17.6 Å². The van der Waals surface area contributed by atoms with Gasteiger partial charge in [0.05, 0.1) is 7.11 Å². The molecule has 1 aliphatic carbocycles. The molecule has 1 aliphatic rings. The van der Waals surface area contributed by atoms with Gasteiger partial charge in [-0.25, -0.2) is 0 Å². The van der Waals surface area contributed by atoms with Crippen molar-refractivity contribution in [2.45, 2.75) is 32.1 Å². The van der Waals surface area contributed by atoms with Gasteiger partial charge in [-0.1, -0.05) is 6.07 Å². The Morgan fingerprint density at radius 2 is 2.16 bits per heavy atom. The fraction of sp³-hybridized carbons (Fsp3) is 0.562. The Kier molecular flexibility index (Phi) is 4.46. The lowest BCUT2D eigenvalue weighted by Crippen LogP contribution is -2.23. The van der Waals surface area contributed by atoms with Crippen LogP contribution < -0.4 is 4.74 Å². The van der Waals surface area contributed by atoms with Gasteiger partial charge in [0, 0.05) is 20.5 Å². The van der Waals surface area contributed by atoms with E-state index in [9.17, 15) is 4.79 Å². The fourth-order valence-electron chi connectivity index (χ4n) is 2.73. The molecule has 0 aliphatic heterocycles. The monoisotopic (exact) mass is 261 g/mol. The first-order valence-corrected chi connectivity index (χ1v) is 6.96. The molecule has 104 valence electrons. The van der Waals surface area contributed by atoms with E-state index in [-0.39, 0.29) is 5.91 Å². The van der Waals surface area contributed by atoms with Crippen molar-refractivity contribution in [3.8, 4) is 5.75 Å². The van der Waals surface area contributed by atoms with Crippen molar-refractivity contribution >= 4 is 5.91 Å². The fourth-order valence-corrected chi connectivity index (χ4v) is 2.73. The molecule has 0 radical (unpaired) electrons. The van der Waals surface area contributed by atoms with E-state index in [0.29, 0.717) is 12.3 Å². The van der Waals surface area contributed by atoms with E-state index in [2.05, 4.69) is 12.1 Å². The standard InChI is InChI=1S/C16H23NO2/c1-17(2)16(18)9-5-12-4-6-14-11-15(19-3)8-7-13(14)10-12/h7-8,11-12H,4-6,9-10H2,1-3H3. The van der Waals surface area contributed by atoms with Gasteiger partial charge in [-0.3, -0.25) is 4.79 Å². The second-order valence-corrected chi connectivity index (χ2v) is 5.57. The molecular formula is C16H23NO2. The molecule has 1 aromatic rings. The topological polar surface area (TPSA) is 29.5 Å². The molecule has 0 saturated carbocycles. The second-order valence-electron chi connectivity index (χ2n) is 5.57. The van der Waals surface area contributed by atoms with E-state index >= 15 is 0 Å². The first-order chi connectivity index (χ1) is 9.10. The summed E-state index contributed by atoms with van der Waals surface area (Å²) in [5.41, 5.74) is 2.84.